The fourth-order valence-electron chi connectivity index (χ4n) is 3.01. The monoisotopic (exact) mass is 387 g/mol. The van der Waals surface area contributed by atoms with Gasteiger partial charge in [-0.1, -0.05) is 18.2 Å². The summed E-state index contributed by atoms with van der Waals surface area (Å²) in [4.78, 5) is 31.2. The number of thiazole rings is 1. The zero-order valence-corrected chi connectivity index (χ0v) is 16.9. The molecule has 0 saturated heterocycles. The van der Waals surface area contributed by atoms with Crippen LogP contribution in [0.1, 0.15) is 61.2 Å². The number of carbonyl (C=O) groups is 2. The topological polar surface area (TPSA) is 71.5 Å². The number of para-hydroxylation sites is 1. The van der Waals surface area contributed by atoms with Crippen LogP contribution in [0.25, 0.3) is 0 Å². The van der Waals surface area contributed by atoms with Gasteiger partial charge in [-0.05, 0) is 52.2 Å². The smallest absolute Gasteiger partial charge is 0.408 e. The number of alkyl carbamates (subject to hydrolysis) is 1. The molecular weight excluding hydrogens is 362 g/mol. The highest BCUT2D eigenvalue weighted by molar-refractivity contribution is 7.09. The van der Waals surface area contributed by atoms with E-state index in [1.54, 1.807) is 10.3 Å². The van der Waals surface area contributed by atoms with Crippen molar-refractivity contribution in [3.8, 4) is 0 Å². The number of nitrogens with one attached hydrogen (secondary N) is 1. The Balaban J connectivity index is 1.71. The molecule has 1 aromatic heterocycles. The van der Waals surface area contributed by atoms with Gasteiger partial charge in [-0.2, -0.15) is 0 Å². The van der Waals surface area contributed by atoms with Crippen LogP contribution in [0.5, 0.6) is 0 Å². The normalized spacial score (nSPS) is 15.0. The Morgan fingerprint density at radius 1 is 1.30 bits per heavy atom. The van der Waals surface area contributed by atoms with Crippen molar-refractivity contribution in [2.75, 3.05) is 11.4 Å². The fourth-order valence-corrected chi connectivity index (χ4v) is 3.81. The molecule has 1 unspecified atom stereocenters. The van der Waals surface area contributed by atoms with Crippen LogP contribution in [0.15, 0.2) is 29.6 Å². The molecule has 6 nitrogen and oxygen atoms in total. The molecule has 144 valence electrons. The summed E-state index contributed by atoms with van der Waals surface area (Å²) in [5.41, 5.74) is 2.00. The van der Waals surface area contributed by atoms with Gasteiger partial charge in [-0.15, -0.1) is 11.3 Å². The molecule has 2 amide bonds. The van der Waals surface area contributed by atoms with E-state index in [0.717, 1.165) is 18.5 Å². The molecule has 7 heteroatoms. The summed E-state index contributed by atoms with van der Waals surface area (Å²) < 4.78 is 5.27. The number of nitrogens with zero attached hydrogens (tertiary/aromatic N) is 2. The van der Waals surface area contributed by atoms with Gasteiger partial charge in [0.05, 0.1) is 6.04 Å². The number of hydrogen-bond donors (Lipinski definition) is 1. The first-order valence-corrected chi connectivity index (χ1v) is 9.97. The van der Waals surface area contributed by atoms with Crippen LogP contribution in [0.3, 0.4) is 0 Å². The van der Waals surface area contributed by atoms with E-state index in [4.69, 9.17) is 4.74 Å². The predicted octanol–water partition coefficient (Wildman–Crippen LogP) is 4.32. The highest BCUT2D eigenvalue weighted by atomic mass is 32.1. The standard InChI is InChI=1S/C20H25N3O3S/c1-13(21-19(25)26-20(2,3)4)17-22-15(12-27-17)18(24)23-11-7-9-14-8-5-6-10-16(14)23/h5-6,8,10,12-13H,7,9,11H2,1-4H3,(H,21,25). The maximum Gasteiger partial charge on any atom is 0.408 e. The molecule has 2 heterocycles. The predicted molar refractivity (Wildman–Crippen MR) is 106 cm³/mol. The van der Waals surface area contributed by atoms with Crippen LogP contribution in [0.4, 0.5) is 10.5 Å². The lowest BCUT2D eigenvalue weighted by molar-refractivity contribution is 0.0508. The Labute approximate surface area is 163 Å². The van der Waals surface area contributed by atoms with Gasteiger partial charge in [0.15, 0.2) is 0 Å². The van der Waals surface area contributed by atoms with Gasteiger partial charge in [-0.3, -0.25) is 4.79 Å². The molecule has 3 rings (SSSR count). The van der Waals surface area contributed by atoms with Crippen molar-refractivity contribution in [3.05, 3.63) is 45.9 Å². The maximum atomic E-state index is 13.0. The molecule has 1 aliphatic heterocycles. The molecule has 27 heavy (non-hydrogen) atoms. The Hall–Kier alpha value is -2.41. The minimum Gasteiger partial charge on any atom is -0.444 e. The summed E-state index contributed by atoms with van der Waals surface area (Å²) in [6.07, 6.45) is 1.43. The third-order valence-corrected chi connectivity index (χ3v) is 5.23. The Morgan fingerprint density at radius 3 is 2.78 bits per heavy atom. The highest BCUT2D eigenvalue weighted by Crippen LogP contribution is 2.29. The summed E-state index contributed by atoms with van der Waals surface area (Å²) in [5.74, 6) is -0.103. The van der Waals surface area contributed by atoms with Crippen molar-refractivity contribution in [2.24, 2.45) is 0 Å². The first kappa shape index (κ1) is 19.4. The van der Waals surface area contributed by atoms with E-state index in [1.807, 2.05) is 45.9 Å². The van der Waals surface area contributed by atoms with Gasteiger partial charge in [0.25, 0.3) is 5.91 Å². The molecule has 0 spiro atoms. The van der Waals surface area contributed by atoms with E-state index < -0.39 is 11.7 Å². The number of aryl methyl sites for hydroxylation is 1. The number of fused-ring (bicyclic) bond motifs is 1. The fraction of sp³-hybridized carbons (Fsp3) is 0.450. The second kappa shape index (κ2) is 7.68. The number of ether oxygens (including phenoxy) is 1. The third-order valence-electron chi connectivity index (χ3n) is 4.20. The molecular formula is C20H25N3O3S. The number of rotatable bonds is 3. The summed E-state index contributed by atoms with van der Waals surface area (Å²) >= 11 is 1.36. The number of hydrogen-bond acceptors (Lipinski definition) is 5. The highest BCUT2D eigenvalue weighted by Gasteiger charge is 2.26. The third kappa shape index (κ3) is 4.66. The van der Waals surface area contributed by atoms with Gasteiger partial charge in [0.2, 0.25) is 0 Å². The molecule has 1 N–H and O–H groups in total. The average Bonchev–Trinajstić information content (AvgIpc) is 3.09. The van der Waals surface area contributed by atoms with E-state index in [9.17, 15) is 9.59 Å². The summed E-state index contributed by atoms with van der Waals surface area (Å²) in [6, 6.07) is 7.65. The molecule has 2 aromatic rings. The van der Waals surface area contributed by atoms with Gasteiger partial charge in [-0.25, -0.2) is 9.78 Å². The van der Waals surface area contributed by atoms with E-state index in [0.29, 0.717) is 17.2 Å². The zero-order chi connectivity index (χ0) is 19.6. The van der Waals surface area contributed by atoms with Gasteiger partial charge < -0.3 is 15.0 Å². The van der Waals surface area contributed by atoms with E-state index in [-0.39, 0.29) is 11.9 Å². The van der Waals surface area contributed by atoms with Crippen LogP contribution in [0, 0.1) is 0 Å². The summed E-state index contributed by atoms with van der Waals surface area (Å²) in [6.45, 7) is 7.96. The molecule has 0 saturated carbocycles. The number of benzene rings is 1. The molecule has 1 aromatic carbocycles. The van der Waals surface area contributed by atoms with Crippen molar-refractivity contribution >= 4 is 29.0 Å². The summed E-state index contributed by atoms with van der Waals surface area (Å²) in [5, 5.41) is 5.19. The lowest BCUT2D eigenvalue weighted by atomic mass is 10.0. The Morgan fingerprint density at radius 2 is 2.04 bits per heavy atom. The molecule has 1 aliphatic rings. The average molecular weight is 388 g/mol. The van der Waals surface area contributed by atoms with Crippen molar-refractivity contribution < 1.29 is 14.3 Å². The van der Waals surface area contributed by atoms with Crippen molar-refractivity contribution in [1.29, 1.82) is 0 Å². The first-order valence-electron chi connectivity index (χ1n) is 9.09. The van der Waals surface area contributed by atoms with Crippen LogP contribution >= 0.6 is 11.3 Å². The van der Waals surface area contributed by atoms with Crippen molar-refractivity contribution in [3.63, 3.8) is 0 Å². The Bertz CT molecular complexity index is 841. The molecule has 0 bridgehead atoms. The SMILES string of the molecule is CC(NC(=O)OC(C)(C)C)c1nc(C(=O)N2CCCc3ccccc32)cs1. The van der Waals surface area contributed by atoms with Crippen LogP contribution in [-0.2, 0) is 11.2 Å². The van der Waals surface area contributed by atoms with Crippen LogP contribution in [-0.4, -0.2) is 29.1 Å². The lowest BCUT2D eigenvalue weighted by Crippen LogP contribution is -2.36. The number of amides is 2. The van der Waals surface area contributed by atoms with Crippen molar-refractivity contribution in [2.45, 2.75) is 52.2 Å². The molecule has 0 fully saturated rings. The quantitative estimate of drug-likeness (QED) is 0.851. The van der Waals surface area contributed by atoms with E-state index >= 15 is 0 Å². The van der Waals surface area contributed by atoms with Gasteiger partial charge in [0.1, 0.15) is 16.3 Å². The Kier molecular flexibility index (Phi) is 5.51. The number of carbonyl (C=O) groups excluding carboxylic acids is 2. The zero-order valence-electron chi connectivity index (χ0n) is 16.1. The number of anilines is 1. The van der Waals surface area contributed by atoms with Gasteiger partial charge >= 0.3 is 6.09 Å². The van der Waals surface area contributed by atoms with Gasteiger partial charge in [0, 0.05) is 17.6 Å². The molecule has 0 radical (unpaired) electrons. The minimum atomic E-state index is -0.560. The van der Waals surface area contributed by atoms with Crippen LogP contribution in [0.2, 0.25) is 0 Å². The lowest BCUT2D eigenvalue weighted by Gasteiger charge is -2.28. The molecule has 1 atom stereocenters. The van der Waals surface area contributed by atoms with E-state index in [2.05, 4.69) is 16.4 Å². The second-order valence-electron chi connectivity index (χ2n) is 7.63. The second-order valence-corrected chi connectivity index (χ2v) is 8.52. The minimum absolute atomic E-state index is 0.103. The first-order chi connectivity index (χ1) is 12.7. The summed E-state index contributed by atoms with van der Waals surface area (Å²) in [7, 11) is 0. The number of aromatic nitrogens is 1. The maximum absolute atomic E-state index is 13.0. The van der Waals surface area contributed by atoms with Crippen molar-refractivity contribution in [1.82, 2.24) is 10.3 Å². The molecule has 0 aliphatic carbocycles. The van der Waals surface area contributed by atoms with Crippen LogP contribution < -0.4 is 10.2 Å². The largest absolute Gasteiger partial charge is 0.444 e. The van der Waals surface area contributed by atoms with E-state index in [1.165, 1.54) is 16.9 Å².